The minimum atomic E-state index is -0.333. The van der Waals surface area contributed by atoms with E-state index in [1.54, 1.807) is 37.4 Å². The highest BCUT2D eigenvalue weighted by atomic mass is 32.2. The Labute approximate surface area is 201 Å². The number of hydrogen-bond acceptors (Lipinski definition) is 7. The van der Waals surface area contributed by atoms with Crippen LogP contribution in [0.2, 0.25) is 0 Å². The third kappa shape index (κ3) is 4.96. The quantitative estimate of drug-likeness (QED) is 0.373. The standard InChI is InChI=1S/C24H26N6O3S/c1-14(2)20(27-22(31)15-9-11-16(33-4)12-10-15)21-28-29-24(30(21)3)34-13-19-25-18-8-6-5-7-17(18)23(32)26-19/h5-12,14,20H,13H2,1-4H3,(H,27,31)(H,25,26,32)/t20-/m0/s1. The van der Waals surface area contributed by atoms with Gasteiger partial charge < -0.3 is 19.6 Å². The molecule has 0 radical (unpaired) electrons. The van der Waals surface area contributed by atoms with Gasteiger partial charge in [-0.3, -0.25) is 9.59 Å². The summed E-state index contributed by atoms with van der Waals surface area (Å²) in [6.45, 7) is 4.04. The first-order valence-electron chi connectivity index (χ1n) is 10.8. The molecule has 9 nitrogen and oxygen atoms in total. The Bertz CT molecular complexity index is 1360. The van der Waals surface area contributed by atoms with Crippen molar-refractivity contribution in [3.8, 4) is 5.75 Å². The van der Waals surface area contributed by atoms with E-state index in [0.717, 1.165) is 0 Å². The molecule has 2 N–H and O–H groups in total. The molecule has 1 amide bonds. The normalized spacial score (nSPS) is 12.1. The fourth-order valence-corrected chi connectivity index (χ4v) is 4.34. The molecule has 0 saturated heterocycles. The minimum Gasteiger partial charge on any atom is -0.497 e. The van der Waals surface area contributed by atoms with E-state index in [9.17, 15) is 9.59 Å². The largest absolute Gasteiger partial charge is 0.497 e. The molecule has 2 heterocycles. The van der Waals surface area contributed by atoms with Crippen LogP contribution in [0.15, 0.2) is 58.5 Å². The number of nitrogens with one attached hydrogen (secondary N) is 2. The lowest BCUT2D eigenvalue weighted by Crippen LogP contribution is -2.33. The van der Waals surface area contributed by atoms with Crippen molar-refractivity contribution in [1.82, 2.24) is 30.0 Å². The van der Waals surface area contributed by atoms with Crippen molar-refractivity contribution in [2.24, 2.45) is 13.0 Å². The van der Waals surface area contributed by atoms with Crippen LogP contribution in [0.4, 0.5) is 0 Å². The molecule has 0 unspecified atom stereocenters. The zero-order chi connectivity index (χ0) is 24.2. The number of hydrogen-bond donors (Lipinski definition) is 2. The number of rotatable bonds is 8. The summed E-state index contributed by atoms with van der Waals surface area (Å²) in [6.07, 6.45) is 0. The van der Waals surface area contributed by atoms with Gasteiger partial charge in [-0.05, 0) is 42.3 Å². The third-order valence-electron chi connectivity index (χ3n) is 5.45. The molecule has 10 heteroatoms. The number of methoxy groups -OCH3 is 1. The Hall–Kier alpha value is -3.66. The summed E-state index contributed by atoms with van der Waals surface area (Å²) < 4.78 is 7.02. The highest BCUT2D eigenvalue weighted by Gasteiger charge is 2.25. The summed E-state index contributed by atoms with van der Waals surface area (Å²) in [4.78, 5) is 32.5. The molecule has 34 heavy (non-hydrogen) atoms. The molecule has 0 aliphatic carbocycles. The van der Waals surface area contributed by atoms with E-state index >= 15 is 0 Å². The first-order chi connectivity index (χ1) is 16.4. The van der Waals surface area contributed by atoms with Gasteiger partial charge >= 0.3 is 0 Å². The number of thioether (sulfide) groups is 1. The highest BCUT2D eigenvalue weighted by Crippen LogP contribution is 2.26. The van der Waals surface area contributed by atoms with Gasteiger partial charge in [0, 0.05) is 12.6 Å². The van der Waals surface area contributed by atoms with Gasteiger partial charge in [0.2, 0.25) is 0 Å². The molecule has 0 spiro atoms. The summed E-state index contributed by atoms with van der Waals surface area (Å²) in [6, 6.07) is 13.8. The van der Waals surface area contributed by atoms with Gasteiger partial charge in [0.05, 0.1) is 29.8 Å². The lowest BCUT2D eigenvalue weighted by molar-refractivity contribution is 0.0922. The van der Waals surface area contributed by atoms with Gasteiger partial charge in [-0.1, -0.05) is 37.7 Å². The van der Waals surface area contributed by atoms with Crippen LogP contribution in [0.5, 0.6) is 5.75 Å². The predicted octanol–water partition coefficient (Wildman–Crippen LogP) is 3.48. The number of ether oxygens (including phenoxy) is 1. The van der Waals surface area contributed by atoms with Crippen molar-refractivity contribution >= 4 is 28.6 Å². The molecule has 4 aromatic rings. The second-order valence-electron chi connectivity index (χ2n) is 8.14. The molecule has 176 valence electrons. The van der Waals surface area contributed by atoms with Crippen LogP contribution in [0, 0.1) is 5.92 Å². The third-order valence-corrected chi connectivity index (χ3v) is 6.48. The van der Waals surface area contributed by atoms with Crippen LogP contribution in [-0.2, 0) is 12.8 Å². The van der Waals surface area contributed by atoms with Crippen LogP contribution in [0.3, 0.4) is 0 Å². The zero-order valence-corrected chi connectivity index (χ0v) is 20.2. The number of fused-ring (bicyclic) bond motifs is 1. The van der Waals surface area contributed by atoms with Crippen LogP contribution in [0.1, 0.15) is 41.9 Å². The molecular formula is C24H26N6O3S. The first-order valence-corrected chi connectivity index (χ1v) is 11.8. The number of nitrogens with zero attached hydrogens (tertiary/aromatic N) is 4. The number of benzene rings is 2. The van der Waals surface area contributed by atoms with Crippen LogP contribution < -0.4 is 15.6 Å². The van der Waals surface area contributed by atoms with Crippen molar-refractivity contribution in [1.29, 1.82) is 0 Å². The lowest BCUT2D eigenvalue weighted by atomic mass is 10.0. The van der Waals surface area contributed by atoms with E-state index in [4.69, 9.17) is 4.74 Å². The van der Waals surface area contributed by atoms with Crippen molar-refractivity contribution < 1.29 is 9.53 Å². The first kappa shape index (κ1) is 23.5. The van der Waals surface area contributed by atoms with E-state index in [0.29, 0.717) is 44.8 Å². The van der Waals surface area contributed by atoms with E-state index in [2.05, 4.69) is 25.5 Å². The van der Waals surface area contributed by atoms with Crippen molar-refractivity contribution in [3.05, 3.63) is 76.1 Å². The van der Waals surface area contributed by atoms with E-state index in [-0.39, 0.29) is 23.4 Å². The number of aromatic amines is 1. The van der Waals surface area contributed by atoms with Gasteiger partial charge in [0.1, 0.15) is 11.6 Å². The zero-order valence-electron chi connectivity index (χ0n) is 19.4. The maximum Gasteiger partial charge on any atom is 0.258 e. The fraction of sp³-hybridized carbons (Fsp3) is 0.292. The van der Waals surface area contributed by atoms with Gasteiger partial charge in [-0.25, -0.2) is 4.98 Å². The number of aromatic nitrogens is 5. The lowest BCUT2D eigenvalue weighted by Gasteiger charge is -2.21. The highest BCUT2D eigenvalue weighted by molar-refractivity contribution is 7.98. The summed E-state index contributed by atoms with van der Waals surface area (Å²) in [5.41, 5.74) is 1.03. The summed E-state index contributed by atoms with van der Waals surface area (Å²) in [5, 5.41) is 13.0. The second-order valence-corrected chi connectivity index (χ2v) is 9.08. The molecule has 1 atom stereocenters. The Morgan fingerprint density at radius 3 is 2.59 bits per heavy atom. The molecule has 2 aromatic carbocycles. The molecule has 0 saturated carbocycles. The second kappa shape index (κ2) is 10.1. The summed E-state index contributed by atoms with van der Waals surface area (Å²) in [5.74, 6) is 2.22. The molecule has 0 aliphatic rings. The van der Waals surface area contributed by atoms with Gasteiger partial charge in [-0.2, -0.15) is 0 Å². The van der Waals surface area contributed by atoms with Gasteiger partial charge in [0.15, 0.2) is 11.0 Å². The van der Waals surface area contributed by atoms with Crippen LogP contribution in [-0.4, -0.2) is 37.7 Å². The summed E-state index contributed by atoms with van der Waals surface area (Å²) >= 11 is 1.42. The number of carbonyl (C=O) groups excluding carboxylic acids is 1. The molecule has 4 rings (SSSR count). The molecule has 0 bridgehead atoms. The Kier molecular flexibility index (Phi) is 6.97. The van der Waals surface area contributed by atoms with Gasteiger partial charge in [-0.15, -0.1) is 10.2 Å². The topological polar surface area (TPSA) is 115 Å². The van der Waals surface area contributed by atoms with Crippen molar-refractivity contribution in [2.45, 2.75) is 30.8 Å². The Balaban J connectivity index is 1.50. The fourth-order valence-electron chi connectivity index (χ4n) is 3.56. The Morgan fingerprint density at radius 2 is 1.88 bits per heavy atom. The van der Waals surface area contributed by atoms with E-state index in [1.807, 2.05) is 43.7 Å². The van der Waals surface area contributed by atoms with E-state index < -0.39 is 0 Å². The number of H-pyrrole nitrogens is 1. The SMILES string of the molecule is COc1ccc(C(=O)N[C@H](c2nnc(SCc3nc4ccccc4c(=O)[nH]3)n2C)C(C)C)cc1. The van der Waals surface area contributed by atoms with Crippen LogP contribution >= 0.6 is 11.8 Å². The molecule has 0 fully saturated rings. The van der Waals surface area contributed by atoms with E-state index in [1.165, 1.54) is 11.8 Å². The maximum atomic E-state index is 12.8. The summed E-state index contributed by atoms with van der Waals surface area (Å²) in [7, 11) is 3.45. The van der Waals surface area contributed by atoms with Crippen molar-refractivity contribution in [3.63, 3.8) is 0 Å². The average molecular weight is 479 g/mol. The van der Waals surface area contributed by atoms with Crippen molar-refractivity contribution in [2.75, 3.05) is 7.11 Å². The molecular weight excluding hydrogens is 452 g/mol. The number of para-hydroxylation sites is 1. The maximum absolute atomic E-state index is 12.8. The van der Waals surface area contributed by atoms with Gasteiger partial charge in [0.25, 0.3) is 11.5 Å². The molecule has 2 aromatic heterocycles. The van der Waals surface area contributed by atoms with Crippen LogP contribution in [0.25, 0.3) is 10.9 Å². The Morgan fingerprint density at radius 1 is 1.15 bits per heavy atom. The predicted molar refractivity (Wildman–Crippen MR) is 131 cm³/mol. The number of amides is 1. The smallest absolute Gasteiger partial charge is 0.258 e. The monoisotopic (exact) mass is 478 g/mol. The number of carbonyl (C=O) groups is 1. The molecule has 0 aliphatic heterocycles. The minimum absolute atomic E-state index is 0.0847. The average Bonchev–Trinajstić information content (AvgIpc) is 3.20.